The van der Waals surface area contributed by atoms with Gasteiger partial charge in [-0.15, -0.1) is 0 Å². The molecule has 2 aliphatic heterocycles. The summed E-state index contributed by atoms with van der Waals surface area (Å²) in [5.41, 5.74) is 1.96. The summed E-state index contributed by atoms with van der Waals surface area (Å²) in [7, 11) is 0. The number of ether oxygens (including phenoxy) is 2. The third-order valence-electron chi connectivity index (χ3n) is 4.93. The van der Waals surface area contributed by atoms with Gasteiger partial charge in [0.05, 0.1) is 25.4 Å². The number of hydrogen-bond acceptors (Lipinski definition) is 3. The maximum Gasteiger partial charge on any atom is 0.254 e. The van der Waals surface area contributed by atoms with Crippen LogP contribution in [0.4, 0.5) is 0 Å². The monoisotopic (exact) mass is 287 g/mol. The molecule has 21 heavy (non-hydrogen) atoms. The van der Waals surface area contributed by atoms with Crippen molar-refractivity contribution >= 4 is 5.91 Å². The van der Waals surface area contributed by atoms with Crippen LogP contribution < -0.4 is 4.74 Å². The predicted octanol–water partition coefficient (Wildman–Crippen LogP) is 2.41. The van der Waals surface area contributed by atoms with E-state index in [4.69, 9.17) is 9.47 Å². The molecule has 1 saturated heterocycles. The molecule has 1 aromatic rings. The molecule has 2 unspecified atom stereocenters. The fourth-order valence-corrected chi connectivity index (χ4v) is 3.83. The Labute approximate surface area is 125 Å². The van der Waals surface area contributed by atoms with Gasteiger partial charge in [-0.2, -0.15) is 0 Å². The Kier molecular flexibility index (Phi) is 3.34. The number of carbonyl (C=O) groups excluding carboxylic acids is 1. The Balaban J connectivity index is 1.58. The van der Waals surface area contributed by atoms with Gasteiger partial charge >= 0.3 is 0 Å². The summed E-state index contributed by atoms with van der Waals surface area (Å²) in [6.45, 7) is 2.11. The Bertz CT molecular complexity index is 555. The van der Waals surface area contributed by atoms with Crippen molar-refractivity contribution in [3.63, 3.8) is 0 Å². The predicted molar refractivity (Wildman–Crippen MR) is 78.7 cm³/mol. The molecular weight excluding hydrogens is 266 g/mol. The number of morpholine rings is 1. The number of fused-ring (bicyclic) bond motifs is 2. The number of benzene rings is 1. The van der Waals surface area contributed by atoms with Crippen molar-refractivity contribution in [3.05, 3.63) is 29.3 Å². The lowest BCUT2D eigenvalue weighted by Gasteiger charge is -2.43. The molecule has 2 fully saturated rings. The zero-order valence-electron chi connectivity index (χ0n) is 12.2. The highest BCUT2D eigenvalue weighted by molar-refractivity contribution is 5.95. The molecule has 1 saturated carbocycles. The summed E-state index contributed by atoms with van der Waals surface area (Å²) in [4.78, 5) is 14.9. The zero-order chi connectivity index (χ0) is 14.2. The van der Waals surface area contributed by atoms with Gasteiger partial charge < -0.3 is 14.4 Å². The van der Waals surface area contributed by atoms with Gasteiger partial charge in [0.15, 0.2) is 0 Å². The molecule has 4 nitrogen and oxygen atoms in total. The van der Waals surface area contributed by atoms with Crippen molar-refractivity contribution in [2.45, 2.75) is 44.2 Å². The molecule has 3 aliphatic rings. The molecule has 0 N–H and O–H groups in total. The minimum absolute atomic E-state index is 0.157. The normalized spacial score (nSPS) is 27.7. The molecule has 1 aromatic carbocycles. The lowest BCUT2D eigenvalue weighted by atomic mass is 9.89. The molecule has 2 heterocycles. The highest BCUT2D eigenvalue weighted by atomic mass is 16.5. The van der Waals surface area contributed by atoms with Crippen molar-refractivity contribution in [2.75, 3.05) is 19.8 Å². The maximum absolute atomic E-state index is 12.9. The third-order valence-corrected chi connectivity index (χ3v) is 4.93. The third kappa shape index (κ3) is 2.31. The zero-order valence-corrected chi connectivity index (χ0v) is 12.2. The second-order valence-electron chi connectivity index (χ2n) is 6.18. The number of rotatable bonds is 1. The van der Waals surface area contributed by atoms with Gasteiger partial charge in [-0.05, 0) is 36.6 Å². The first-order chi connectivity index (χ1) is 10.3. The molecule has 4 rings (SSSR count). The van der Waals surface area contributed by atoms with Gasteiger partial charge in [-0.25, -0.2) is 0 Å². The molecule has 4 heteroatoms. The second kappa shape index (κ2) is 5.34. The van der Waals surface area contributed by atoms with E-state index in [1.807, 2.05) is 23.1 Å². The summed E-state index contributed by atoms with van der Waals surface area (Å²) in [5.74, 6) is 1.09. The molecule has 1 amide bonds. The average Bonchev–Trinajstić information content (AvgIpc) is 3.01. The lowest BCUT2D eigenvalue weighted by molar-refractivity contribution is -0.0752. The Hall–Kier alpha value is -1.55. The summed E-state index contributed by atoms with van der Waals surface area (Å²) >= 11 is 0. The Morgan fingerprint density at radius 3 is 3.05 bits per heavy atom. The van der Waals surface area contributed by atoms with E-state index in [2.05, 4.69) is 0 Å². The fraction of sp³-hybridized carbons (Fsp3) is 0.588. The van der Waals surface area contributed by atoms with Crippen LogP contribution in [0.15, 0.2) is 18.2 Å². The van der Waals surface area contributed by atoms with E-state index in [0.29, 0.717) is 13.2 Å². The Morgan fingerprint density at radius 1 is 1.19 bits per heavy atom. The summed E-state index contributed by atoms with van der Waals surface area (Å²) < 4.78 is 11.4. The second-order valence-corrected chi connectivity index (χ2v) is 6.18. The maximum atomic E-state index is 12.9. The van der Waals surface area contributed by atoms with E-state index in [0.717, 1.165) is 42.7 Å². The van der Waals surface area contributed by atoms with Crippen LogP contribution in [0.5, 0.6) is 5.75 Å². The first kappa shape index (κ1) is 13.1. The smallest absolute Gasteiger partial charge is 0.254 e. The van der Waals surface area contributed by atoms with E-state index in [9.17, 15) is 4.79 Å². The topological polar surface area (TPSA) is 38.8 Å². The SMILES string of the molecule is O=C(c1ccc2c(c1)CCO2)N1CCOC2CCCCC21. The molecule has 0 radical (unpaired) electrons. The highest BCUT2D eigenvalue weighted by Crippen LogP contribution is 2.31. The van der Waals surface area contributed by atoms with Crippen molar-refractivity contribution in [1.82, 2.24) is 4.90 Å². The van der Waals surface area contributed by atoms with E-state index < -0.39 is 0 Å². The van der Waals surface area contributed by atoms with Crippen LogP contribution in [0.2, 0.25) is 0 Å². The molecule has 0 bridgehead atoms. The Morgan fingerprint density at radius 2 is 2.10 bits per heavy atom. The minimum Gasteiger partial charge on any atom is -0.493 e. The van der Waals surface area contributed by atoms with Crippen LogP contribution in [0.25, 0.3) is 0 Å². The molecule has 2 atom stereocenters. The van der Waals surface area contributed by atoms with Gasteiger partial charge in [-0.3, -0.25) is 4.79 Å². The summed E-state index contributed by atoms with van der Waals surface area (Å²) in [6, 6.07) is 6.12. The lowest BCUT2D eigenvalue weighted by Crippen LogP contribution is -2.54. The van der Waals surface area contributed by atoms with E-state index in [1.165, 1.54) is 12.8 Å². The van der Waals surface area contributed by atoms with Crippen molar-refractivity contribution in [3.8, 4) is 5.75 Å². The van der Waals surface area contributed by atoms with Crippen LogP contribution in [0.3, 0.4) is 0 Å². The van der Waals surface area contributed by atoms with E-state index >= 15 is 0 Å². The van der Waals surface area contributed by atoms with Gasteiger partial charge in [0, 0.05) is 18.5 Å². The van der Waals surface area contributed by atoms with E-state index in [1.54, 1.807) is 0 Å². The first-order valence-corrected chi connectivity index (χ1v) is 8.01. The number of hydrogen-bond donors (Lipinski definition) is 0. The van der Waals surface area contributed by atoms with Gasteiger partial charge in [0.2, 0.25) is 0 Å². The quantitative estimate of drug-likeness (QED) is 0.796. The molecule has 0 spiro atoms. The van der Waals surface area contributed by atoms with Crippen molar-refractivity contribution in [1.29, 1.82) is 0 Å². The van der Waals surface area contributed by atoms with Gasteiger partial charge in [-0.1, -0.05) is 12.8 Å². The van der Waals surface area contributed by atoms with E-state index in [-0.39, 0.29) is 18.1 Å². The van der Waals surface area contributed by atoms with Crippen LogP contribution in [-0.4, -0.2) is 42.7 Å². The van der Waals surface area contributed by atoms with Crippen LogP contribution in [-0.2, 0) is 11.2 Å². The summed E-state index contributed by atoms with van der Waals surface area (Å²) in [6.07, 6.45) is 5.74. The molecule has 1 aliphatic carbocycles. The average molecular weight is 287 g/mol. The van der Waals surface area contributed by atoms with Crippen LogP contribution in [0, 0.1) is 0 Å². The van der Waals surface area contributed by atoms with Gasteiger partial charge in [0.1, 0.15) is 5.75 Å². The number of nitrogens with zero attached hydrogens (tertiary/aromatic N) is 1. The standard InChI is InChI=1S/C17H21NO3/c19-17(13-5-6-15-12(11-13)7-9-20-15)18-8-10-21-16-4-2-1-3-14(16)18/h5-6,11,14,16H,1-4,7-10H2. The first-order valence-electron chi connectivity index (χ1n) is 8.01. The van der Waals surface area contributed by atoms with Gasteiger partial charge in [0.25, 0.3) is 5.91 Å². The highest BCUT2D eigenvalue weighted by Gasteiger charge is 2.37. The molecule has 0 aromatic heterocycles. The number of amides is 1. The van der Waals surface area contributed by atoms with Crippen LogP contribution in [0.1, 0.15) is 41.6 Å². The van der Waals surface area contributed by atoms with Crippen molar-refractivity contribution < 1.29 is 14.3 Å². The number of carbonyl (C=O) groups is 1. The molecule has 112 valence electrons. The van der Waals surface area contributed by atoms with Crippen LogP contribution >= 0.6 is 0 Å². The van der Waals surface area contributed by atoms with Crippen molar-refractivity contribution in [2.24, 2.45) is 0 Å². The fourth-order valence-electron chi connectivity index (χ4n) is 3.83. The minimum atomic E-state index is 0.157. The molecular formula is C17H21NO3. The largest absolute Gasteiger partial charge is 0.493 e. The summed E-state index contributed by atoms with van der Waals surface area (Å²) in [5, 5.41) is 0.